The maximum atomic E-state index is 13.3. The van der Waals surface area contributed by atoms with Crippen LogP contribution >= 0.6 is 11.3 Å². The summed E-state index contributed by atoms with van der Waals surface area (Å²) in [6.07, 6.45) is 1.64. The van der Waals surface area contributed by atoms with Crippen LogP contribution in [-0.2, 0) is 20.8 Å². The summed E-state index contributed by atoms with van der Waals surface area (Å²) in [6, 6.07) is 18.2. The smallest absolute Gasteiger partial charge is 0.268 e. The van der Waals surface area contributed by atoms with Crippen LogP contribution in [0.1, 0.15) is 39.3 Å². The van der Waals surface area contributed by atoms with Crippen molar-refractivity contribution in [2.75, 3.05) is 48.5 Å². The number of hydrogen-bond donors (Lipinski definition) is 2. The van der Waals surface area contributed by atoms with Gasteiger partial charge in [-0.05, 0) is 42.5 Å². The molecule has 3 amide bonds. The fraction of sp³-hybridized carbons (Fsp3) is 0.333. The molecule has 3 N–H and O–H groups in total. The summed E-state index contributed by atoms with van der Waals surface area (Å²) in [4.78, 5) is 47.0. The Morgan fingerprint density at radius 3 is 2.50 bits per heavy atom. The number of benzene rings is 2. The molecule has 0 radical (unpaired) electrons. The molecule has 0 unspecified atom stereocenters. The van der Waals surface area contributed by atoms with Crippen molar-refractivity contribution < 1.29 is 23.9 Å². The van der Waals surface area contributed by atoms with Gasteiger partial charge in [0.05, 0.1) is 34.1 Å². The molecule has 0 saturated carbocycles. The number of primary amides is 1. The van der Waals surface area contributed by atoms with E-state index < -0.39 is 11.7 Å². The third-order valence-corrected chi connectivity index (χ3v) is 8.86. The van der Waals surface area contributed by atoms with Crippen LogP contribution in [-0.4, -0.2) is 66.4 Å². The van der Waals surface area contributed by atoms with Crippen molar-refractivity contribution in [3.63, 3.8) is 0 Å². The molecule has 218 valence electrons. The number of rotatable bonds is 8. The fourth-order valence-corrected chi connectivity index (χ4v) is 6.35. The molecule has 2 aliphatic rings. The zero-order chi connectivity index (χ0) is 29.3. The standard InChI is InChI=1S/C30H32N6O5S/c1-34(28(39)20-5-3-2-4-6-20)21-7-8-23-22(19-21)32-29(36(23)14-11-25(31)37)33-27(38)24-9-10-26(42-24)35-15-12-30(13-16-35)40-17-18-41-30/h2-10,19H,11-18H2,1H3,(H2,31,37)(H,32,33,38). The predicted octanol–water partition coefficient (Wildman–Crippen LogP) is 3.85. The predicted molar refractivity (Wildman–Crippen MR) is 161 cm³/mol. The van der Waals surface area contributed by atoms with Gasteiger partial charge in [0, 0.05) is 57.2 Å². The topological polar surface area (TPSA) is 132 Å². The molecule has 2 saturated heterocycles. The Kier molecular flexibility index (Phi) is 7.67. The van der Waals surface area contributed by atoms with Crippen molar-refractivity contribution in [3.05, 3.63) is 71.1 Å². The molecule has 6 rings (SSSR count). The van der Waals surface area contributed by atoms with E-state index in [4.69, 9.17) is 15.2 Å². The van der Waals surface area contributed by atoms with Crippen LogP contribution < -0.4 is 20.9 Å². The molecule has 0 bridgehead atoms. The SMILES string of the molecule is CN(C(=O)c1ccccc1)c1ccc2c(c1)nc(NC(=O)c1ccc(N3CCC4(CC3)OCCO4)s1)n2CCC(N)=O. The minimum Gasteiger partial charge on any atom is -0.370 e. The quantitative estimate of drug-likeness (QED) is 0.320. The van der Waals surface area contributed by atoms with Crippen LogP contribution in [0, 0.1) is 0 Å². The first-order valence-corrected chi connectivity index (χ1v) is 14.7. The van der Waals surface area contributed by atoms with Gasteiger partial charge in [0.25, 0.3) is 11.8 Å². The molecule has 1 spiro atoms. The molecule has 42 heavy (non-hydrogen) atoms. The molecule has 4 aromatic rings. The molecular weight excluding hydrogens is 556 g/mol. The largest absolute Gasteiger partial charge is 0.370 e. The van der Waals surface area contributed by atoms with E-state index in [1.807, 2.05) is 36.4 Å². The van der Waals surface area contributed by atoms with Crippen molar-refractivity contribution in [2.24, 2.45) is 5.73 Å². The van der Waals surface area contributed by atoms with Crippen LogP contribution in [0.5, 0.6) is 0 Å². The minimum atomic E-state index is -0.460. The average molecular weight is 589 g/mol. The Balaban J connectivity index is 1.21. The van der Waals surface area contributed by atoms with Gasteiger partial charge in [-0.2, -0.15) is 0 Å². The van der Waals surface area contributed by atoms with Crippen molar-refractivity contribution in [3.8, 4) is 0 Å². The van der Waals surface area contributed by atoms with E-state index in [0.717, 1.165) is 30.9 Å². The lowest BCUT2D eigenvalue weighted by atomic mass is 10.0. The fourth-order valence-electron chi connectivity index (χ4n) is 5.40. The van der Waals surface area contributed by atoms with Gasteiger partial charge >= 0.3 is 0 Å². The molecule has 2 aliphatic heterocycles. The van der Waals surface area contributed by atoms with E-state index in [-0.39, 0.29) is 24.8 Å². The van der Waals surface area contributed by atoms with Crippen molar-refractivity contribution >= 4 is 56.7 Å². The number of fused-ring (bicyclic) bond motifs is 1. The van der Waals surface area contributed by atoms with Gasteiger partial charge in [0.1, 0.15) is 0 Å². The molecule has 2 aromatic carbocycles. The normalized spacial score (nSPS) is 16.2. The molecule has 0 atom stereocenters. The van der Waals surface area contributed by atoms with E-state index in [9.17, 15) is 14.4 Å². The second kappa shape index (κ2) is 11.6. The maximum Gasteiger partial charge on any atom is 0.268 e. The van der Waals surface area contributed by atoms with Gasteiger partial charge in [-0.3, -0.25) is 19.7 Å². The summed E-state index contributed by atoms with van der Waals surface area (Å²) in [7, 11) is 1.70. The van der Waals surface area contributed by atoms with Crippen LogP contribution in [0.3, 0.4) is 0 Å². The second-order valence-corrected chi connectivity index (χ2v) is 11.5. The van der Waals surface area contributed by atoms with Gasteiger partial charge in [-0.25, -0.2) is 4.98 Å². The summed E-state index contributed by atoms with van der Waals surface area (Å²) in [5.74, 6) is -1.07. The highest BCUT2D eigenvalue weighted by atomic mass is 32.1. The first kappa shape index (κ1) is 27.9. The van der Waals surface area contributed by atoms with Gasteiger partial charge in [0.15, 0.2) is 5.79 Å². The van der Waals surface area contributed by atoms with Crippen LogP contribution in [0.25, 0.3) is 11.0 Å². The lowest BCUT2D eigenvalue weighted by Gasteiger charge is -2.38. The van der Waals surface area contributed by atoms with E-state index in [1.54, 1.807) is 40.8 Å². The number of nitrogens with two attached hydrogens (primary N) is 1. The number of hydrogen-bond acceptors (Lipinski definition) is 8. The average Bonchev–Trinajstić information content (AvgIpc) is 3.75. The lowest BCUT2D eigenvalue weighted by molar-refractivity contribution is -0.169. The molecule has 2 fully saturated rings. The number of carbonyl (C=O) groups is 3. The third-order valence-electron chi connectivity index (χ3n) is 7.72. The zero-order valence-corrected chi connectivity index (χ0v) is 24.1. The van der Waals surface area contributed by atoms with E-state index in [0.29, 0.717) is 46.3 Å². The monoisotopic (exact) mass is 588 g/mol. The molecule has 2 aromatic heterocycles. The summed E-state index contributed by atoms with van der Waals surface area (Å²) >= 11 is 1.41. The first-order valence-electron chi connectivity index (χ1n) is 13.9. The summed E-state index contributed by atoms with van der Waals surface area (Å²) in [5, 5.41) is 3.93. The minimum absolute atomic E-state index is 0.0789. The number of piperidine rings is 1. The highest BCUT2D eigenvalue weighted by Gasteiger charge is 2.40. The number of anilines is 3. The maximum absolute atomic E-state index is 13.3. The number of thiophene rings is 1. The molecular formula is C30H32N6O5S. The Morgan fingerprint density at radius 2 is 1.79 bits per heavy atom. The molecule has 11 nitrogen and oxygen atoms in total. The van der Waals surface area contributed by atoms with Crippen molar-refractivity contribution in [1.29, 1.82) is 0 Å². The van der Waals surface area contributed by atoms with E-state index in [1.165, 1.54) is 11.3 Å². The van der Waals surface area contributed by atoms with Gasteiger partial charge in [-0.15, -0.1) is 11.3 Å². The summed E-state index contributed by atoms with van der Waals surface area (Å²) < 4.78 is 13.4. The molecule has 0 aliphatic carbocycles. The van der Waals surface area contributed by atoms with Crippen LogP contribution in [0.4, 0.5) is 16.6 Å². The number of aryl methyl sites for hydroxylation is 1. The summed E-state index contributed by atoms with van der Waals surface area (Å²) in [5.41, 5.74) is 7.94. The number of carbonyl (C=O) groups excluding carboxylic acids is 3. The Bertz CT molecular complexity index is 1620. The van der Waals surface area contributed by atoms with E-state index >= 15 is 0 Å². The number of nitrogens with zero attached hydrogens (tertiary/aromatic N) is 4. The van der Waals surface area contributed by atoms with Crippen LogP contribution in [0.2, 0.25) is 0 Å². The van der Waals surface area contributed by atoms with Crippen molar-refractivity contribution in [2.45, 2.75) is 31.6 Å². The second-order valence-electron chi connectivity index (χ2n) is 10.4. The number of imidazole rings is 1. The zero-order valence-electron chi connectivity index (χ0n) is 23.2. The number of nitrogens with one attached hydrogen (secondary N) is 1. The number of amides is 3. The van der Waals surface area contributed by atoms with Crippen LogP contribution in [0.15, 0.2) is 60.7 Å². The highest BCUT2D eigenvalue weighted by Crippen LogP contribution is 2.36. The Labute approximate surface area is 246 Å². The first-order chi connectivity index (χ1) is 20.3. The van der Waals surface area contributed by atoms with E-state index in [2.05, 4.69) is 15.2 Å². The Hall–Kier alpha value is -4.26. The summed E-state index contributed by atoms with van der Waals surface area (Å²) in [6.45, 7) is 3.09. The number of aromatic nitrogens is 2. The number of ether oxygens (including phenoxy) is 2. The van der Waals surface area contributed by atoms with Gasteiger partial charge in [-0.1, -0.05) is 18.2 Å². The highest BCUT2D eigenvalue weighted by molar-refractivity contribution is 7.18. The molecule has 12 heteroatoms. The third kappa shape index (κ3) is 5.60. The van der Waals surface area contributed by atoms with Crippen molar-refractivity contribution in [1.82, 2.24) is 9.55 Å². The van der Waals surface area contributed by atoms with Gasteiger partial charge < -0.3 is 29.6 Å². The molecule has 4 heterocycles. The Morgan fingerprint density at radius 1 is 1.05 bits per heavy atom. The van der Waals surface area contributed by atoms with Gasteiger partial charge in [0.2, 0.25) is 11.9 Å². The lowest BCUT2D eigenvalue weighted by Crippen LogP contribution is -2.44.